The average Bonchev–Trinajstić information content (AvgIpc) is 3.31. The van der Waals surface area contributed by atoms with Crippen LogP contribution in [0.15, 0.2) is 48.8 Å². The molecule has 1 fully saturated rings. The van der Waals surface area contributed by atoms with Gasteiger partial charge < -0.3 is 10.2 Å². The number of carbonyl (C=O) groups excluding carboxylic acids is 1. The summed E-state index contributed by atoms with van der Waals surface area (Å²) in [6, 6.07) is 8.77. The molecule has 4 heterocycles. The number of amides is 1. The minimum absolute atomic E-state index is 0.0429. The number of pyridine rings is 1. The van der Waals surface area contributed by atoms with Crippen LogP contribution in [0.1, 0.15) is 38.4 Å². The van der Waals surface area contributed by atoms with Crippen molar-refractivity contribution in [3.8, 4) is 11.8 Å². The topological polar surface area (TPSA) is 78.7 Å². The maximum atomic E-state index is 13.9. The monoisotopic (exact) mass is 567 g/mol. The number of aromatic nitrogens is 4. The van der Waals surface area contributed by atoms with Gasteiger partial charge in [0.2, 0.25) is 0 Å². The highest BCUT2D eigenvalue weighted by atomic mass is 35.5. The van der Waals surface area contributed by atoms with E-state index in [0.717, 1.165) is 19.2 Å². The number of hydrogen-bond donors (Lipinski definition) is 1. The van der Waals surface area contributed by atoms with Gasteiger partial charge in [-0.2, -0.15) is 18.3 Å². The van der Waals surface area contributed by atoms with Gasteiger partial charge in [0.05, 0.1) is 23.0 Å². The molecule has 0 radical (unpaired) electrons. The Morgan fingerprint density at radius 3 is 2.58 bits per heavy atom. The number of piperazine rings is 1. The summed E-state index contributed by atoms with van der Waals surface area (Å²) in [5.41, 5.74) is 1.73. The molecule has 3 aromatic heterocycles. The summed E-state index contributed by atoms with van der Waals surface area (Å²) in [7, 11) is 1.99. The Morgan fingerprint density at radius 2 is 1.82 bits per heavy atom. The van der Waals surface area contributed by atoms with E-state index in [1.54, 1.807) is 31.3 Å². The second kappa shape index (κ2) is 11.3. The van der Waals surface area contributed by atoms with Gasteiger partial charge in [0.1, 0.15) is 10.8 Å². The molecule has 40 heavy (non-hydrogen) atoms. The number of anilines is 1. The fraction of sp³-hybridized carbons (Fsp3) is 0.286. The highest BCUT2D eigenvalue weighted by molar-refractivity contribution is 6.29. The number of rotatable bonds is 4. The molecule has 1 aromatic carbocycles. The van der Waals surface area contributed by atoms with E-state index in [4.69, 9.17) is 11.6 Å². The van der Waals surface area contributed by atoms with Gasteiger partial charge in [-0.25, -0.2) is 9.50 Å². The Balaban J connectivity index is 1.35. The van der Waals surface area contributed by atoms with Gasteiger partial charge in [0, 0.05) is 50.2 Å². The molecule has 0 spiro atoms. The number of hydrogen-bond acceptors (Lipinski definition) is 6. The number of halogens is 4. The van der Waals surface area contributed by atoms with Crippen molar-refractivity contribution < 1.29 is 18.0 Å². The smallest absolute Gasteiger partial charge is 0.322 e. The van der Waals surface area contributed by atoms with E-state index in [9.17, 15) is 18.0 Å². The molecule has 0 bridgehead atoms. The molecule has 0 unspecified atom stereocenters. The Labute approximate surface area is 233 Å². The van der Waals surface area contributed by atoms with E-state index in [0.29, 0.717) is 35.7 Å². The molecule has 8 nitrogen and oxygen atoms in total. The largest absolute Gasteiger partial charge is 0.416 e. The number of fused-ring (bicyclic) bond motifs is 1. The number of nitrogens with one attached hydrogen (secondary N) is 1. The van der Waals surface area contributed by atoms with Crippen LogP contribution in [-0.2, 0) is 12.7 Å². The SMILES string of the molecule is Cc1ncc(C(=O)Nc2ccc(CN3CCN(C)CC3)c(C(F)(F)F)c2)cc1C#Cc1cnc2ccc(Cl)nn12. The van der Waals surface area contributed by atoms with Crippen LogP contribution in [0, 0.1) is 18.8 Å². The lowest BCUT2D eigenvalue weighted by molar-refractivity contribution is -0.138. The molecule has 0 saturated carbocycles. The fourth-order valence-corrected chi connectivity index (χ4v) is 4.50. The van der Waals surface area contributed by atoms with Crippen molar-refractivity contribution in [3.05, 3.63) is 87.6 Å². The number of carbonyl (C=O) groups is 1. The number of likely N-dealkylation sites (N-methyl/N-ethyl adjacent to an activating group) is 1. The van der Waals surface area contributed by atoms with Crippen LogP contribution >= 0.6 is 11.6 Å². The molecule has 12 heteroatoms. The number of benzene rings is 1. The molecule has 1 aliphatic rings. The van der Waals surface area contributed by atoms with Crippen molar-refractivity contribution >= 4 is 28.8 Å². The van der Waals surface area contributed by atoms with E-state index in [1.165, 1.54) is 22.8 Å². The van der Waals surface area contributed by atoms with Crippen molar-refractivity contribution in [3.63, 3.8) is 0 Å². The molecule has 4 aromatic rings. The first-order chi connectivity index (χ1) is 19.1. The third kappa shape index (κ3) is 6.25. The summed E-state index contributed by atoms with van der Waals surface area (Å²) in [4.78, 5) is 25.6. The van der Waals surface area contributed by atoms with Crippen molar-refractivity contribution in [1.29, 1.82) is 0 Å². The van der Waals surface area contributed by atoms with Crippen LogP contribution in [0.5, 0.6) is 0 Å². The van der Waals surface area contributed by atoms with Gasteiger partial charge in [-0.05, 0) is 55.8 Å². The van der Waals surface area contributed by atoms with E-state index < -0.39 is 17.6 Å². The van der Waals surface area contributed by atoms with Crippen molar-refractivity contribution in [2.45, 2.75) is 19.6 Å². The number of imidazole rings is 1. The second-order valence-electron chi connectivity index (χ2n) is 9.58. The predicted octanol–water partition coefficient (Wildman–Crippen LogP) is 4.50. The molecule has 1 saturated heterocycles. The van der Waals surface area contributed by atoms with Crippen LogP contribution in [0.4, 0.5) is 18.9 Å². The van der Waals surface area contributed by atoms with E-state index in [-0.39, 0.29) is 28.5 Å². The first-order valence-corrected chi connectivity index (χ1v) is 12.9. The van der Waals surface area contributed by atoms with Crippen molar-refractivity contribution in [2.24, 2.45) is 0 Å². The lowest BCUT2D eigenvalue weighted by atomic mass is 10.0. The van der Waals surface area contributed by atoms with Gasteiger partial charge in [0.15, 0.2) is 5.65 Å². The highest BCUT2D eigenvalue weighted by Gasteiger charge is 2.34. The van der Waals surface area contributed by atoms with Gasteiger partial charge in [0.25, 0.3) is 5.91 Å². The molecule has 0 aliphatic carbocycles. The van der Waals surface area contributed by atoms with Crippen LogP contribution in [0.2, 0.25) is 5.15 Å². The summed E-state index contributed by atoms with van der Waals surface area (Å²) < 4.78 is 43.3. The number of aryl methyl sites for hydroxylation is 1. The van der Waals surface area contributed by atoms with Crippen LogP contribution in [-0.4, -0.2) is 68.5 Å². The quantitative estimate of drug-likeness (QED) is 0.366. The Bertz CT molecular complexity index is 1630. The number of nitrogens with zero attached hydrogens (tertiary/aromatic N) is 6. The predicted molar refractivity (Wildman–Crippen MR) is 145 cm³/mol. The Kier molecular flexibility index (Phi) is 7.76. The molecule has 0 atom stereocenters. The normalized spacial score (nSPS) is 14.7. The van der Waals surface area contributed by atoms with Crippen LogP contribution < -0.4 is 5.32 Å². The van der Waals surface area contributed by atoms with Gasteiger partial charge in [-0.3, -0.25) is 14.7 Å². The zero-order valence-corrected chi connectivity index (χ0v) is 22.5. The van der Waals surface area contributed by atoms with E-state index >= 15 is 0 Å². The second-order valence-corrected chi connectivity index (χ2v) is 9.97. The van der Waals surface area contributed by atoms with E-state index in [2.05, 4.69) is 37.1 Å². The minimum Gasteiger partial charge on any atom is -0.322 e. The maximum absolute atomic E-state index is 13.9. The van der Waals surface area contributed by atoms with E-state index in [1.807, 2.05) is 11.9 Å². The van der Waals surface area contributed by atoms with Gasteiger partial charge in [-0.15, -0.1) is 0 Å². The first-order valence-electron chi connectivity index (χ1n) is 12.5. The lowest BCUT2D eigenvalue weighted by Gasteiger charge is -2.33. The molecule has 1 amide bonds. The lowest BCUT2D eigenvalue weighted by Crippen LogP contribution is -2.44. The number of alkyl halides is 3. The molecule has 1 aliphatic heterocycles. The maximum Gasteiger partial charge on any atom is 0.416 e. The molecular formula is C28H25ClF3N7O. The summed E-state index contributed by atoms with van der Waals surface area (Å²) >= 11 is 5.98. The highest BCUT2D eigenvalue weighted by Crippen LogP contribution is 2.34. The summed E-state index contributed by atoms with van der Waals surface area (Å²) in [5.74, 6) is 5.33. The molecule has 1 N–H and O–H groups in total. The summed E-state index contributed by atoms with van der Waals surface area (Å²) in [6.07, 6.45) is -1.65. The zero-order valence-electron chi connectivity index (χ0n) is 21.8. The minimum atomic E-state index is -4.56. The molecular weight excluding hydrogens is 543 g/mol. The Morgan fingerprint density at radius 1 is 1.05 bits per heavy atom. The summed E-state index contributed by atoms with van der Waals surface area (Å²) in [5, 5.41) is 7.03. The van der Waals surface area contributed by atoms with Crippen molar-refractivity contribution in [2.75, 3.05) is 38.5 Å². The van der Waals surface area contributed by atoms with Gasteiger partial charge in [-0.1, -0.05) is 23.6 Å². The van der Waals surface area contributed by atoms with Crippen LogP contribution in [0.3, 0.4) is 0 Å². The van der Waals surface area contributed by atoms with Crippen molar-refractivity contribution in [1.82, 2.24) is 29.4 Å². The first kappa shape index (κ1) is 27.6. The third-order valence-corrected chi connectivity index (χ3v) is 6.87. The molecule has 5 rings (SSSR count). The summed E-state index contributed by atoms with van der Waals surface area (Å²) in [6.45, 7) is 4.92. The standard InChI is InChI=1S/C28H25ClF3N7O/c1-18-19(4-6-23-16-34-26-8-7-25(29)36-39(23)26)13-21(15-33-18)27(40)35-22-5-3-20(24(14-22)28(30,31)32)17-38-11-9-37(2)10-12-38/h3,5,7-8,13-16H,9-12,17H2,1-2H3,(H,35,40). The Hall–Kier alpha value is -3.98. The molecule has 206 valence electrons. The fourth-order valence-electron chi connectivity index (χ4n) is 4.36. The average molecular weight is 568 g/mol. The van der Waals surface area contributed by atoms with Gasteiger partial charge >= 0.3 is 6.18 Å². The zero-order chi connectivity index (χ0) is 28.4. The third-order valence-electron chi connectivity index (χ3n) is 6.67. The van der Waals surface area contributed by atoms with Crippen LogP contribution in [0.25, 0.3) is 5.65 Å².